The lowest BCUT2D eigenvalue weighted by Crippen LogP contribution is -2.00. The number of aromatic nitrogens is 2. The van der Waals surface area contributed by atoms with E-state index >= 15 is 0 Å². The Hall–Kier alpha value is -0.630. The quantitative estimate of drug-likeness (QED) is 0.680. The number of hydrogen-bond donors (Lipinski definition) is 0. The zero-order valence-corrected chi connectivity index (χ0v) is 8.67. The Balaban J connectivity index is 2.36. The lowest BCUT2D eigenvalue weighted by Gasteiger charge is -2.06. The smallest absolute Gasteiger partial charge is 0.133 e. The average Bonchev–Trinajstić information content (AvgIpc) is 2.85. The van der Waals surface area contributed by atoms with E-state index in [9.17, 15) is 0 Å². The van der Waals surface area contributed by atoms with Crippen LogP contribution >= 0.6 is 11.6 Å². The molecule has 1 aromatic heterocycles. The van der Waals surface area contributed by atoms with E-state index in [4.69, 9.17) is 11.6 Å². The zero-order valence-electron chi connectivity index (χ0n) is 7.92. The summed E-state index contributed by atoms with van der Waals surface area (Å²) >= 11 is 5.91. The second-order valence-electron chi connectivity index (χ2n) is 3.90. The van der Waals surface area contributed by atoms with Crippen LogP contribution in [-0.2, 0) is 0 Å². The third kappa shape index (κ3) is 1.99. The van der Waals surface area contributed by atoms with Gasteiger partial charge in [-0.3, -0.25) is 0 Å². The maximum atomic E-state index is 5.91. The number of halogens is 1. The molecule has 1 saturated carbocycles. The third-order valence-electron chi connectivity index (χ3n) is 2.24. The van der Waals surface area contributed by atoms with Crippen LogP contribution in [0.1, 0.15) is 50.0 Å². The van der Waals surface area contributed by atoms with Crippen LogP contribution in [0, 0.1) is 0 Å². The summed E-state index contributed by atoms with van der Waals surface area (Å²) in [4.78, 5) is 8.70. The monoisotopic (exact) mass is 196 g/mol. The van der Waals surface area contributed by atoms with Crippen LogP contribution in [0.4, 0.5) is 0 Å². The Morgan fingerprint density at radius 2 is 2.08 bits per heavy atom. The number of hydrogen-bond acceptors (Lipinski definition) is 2. The first-order valence-corrected chi connectivity index (χ1v) is 5.09. The van der Waals surface area contributed by atoms with Crippen molar-refractivity contribution in [3.05, 3.63) is 22.7 Å². The predicted octanol–water partition coefficient (Wildman–Crippen LogP) is 3.13. The van der Waals surface area contributed by atoms with Crippen molar-refractivity contribution < 1.29 is 0 Å². The minimum atomic E-state index is 0.358. The molecule has 2 nitrogen and oxygen atoms in total. The Morgan fingerprint density at radius 3 is 2.62 bits per heavy atom. The molecule has 0 radical (unpaired) electrons. The van der Waals surface area contributed by atoms with Gasteiger partial charge >= 0.3 is 0 Å². The van der Waals surface area contributed by atoms with Crippen molar-refractivity contribution >= 4 is 11.6 Å². The van der Waals surface area contributed by atoms with Crippen LogP contribution < -0.4 is 0 Å². The van der Waals surface area contributed by atoms with Crippen LogP contribution in [-0.4, -0.2) is 9.97 Å². The largest absolute Gasteiger partial charge is 0.237 e. The van der Waals surface area contributed by atoms with Gasteiger partial charge in [-0.2, -0.15) is 0 Å². The summed E-state index contributed by atoms with van der Waals surface area (Å²) < 4.78 is 0. The van der Waals surface area contributed by atoms with Gasteiger partial charge < -0.3 is 0 Å². The Kier molecular flexibility index (Phi) is 2.24. The Bertz CT molecular complexity index is 298. The molecular formula is C10H13ClN2. The van der Waals surface area contributed by atoms with Gasteiger partial charge in [0.1, 0.15) is 11.0 Å². The molecule has 0 amide bonds. The molecule has 0 bridgehead atoms. The van der Waals surface area contributed by atoms with Crippen LogP contribution in [0.3, 0.4) is 0 Å². The normalized spacial score (nSPS) is 16.6. The van der Waals surface area contributed by atoms with Crippen molar-refractivity contribution in [3.63, 3.8) is 0 Å². The van der Waals surface area contributed by atoms with E-state index < -0.39 is 0 Å². The van der Waals surface area contributed by atoms with Gasteiger partial charge in [-0.25, -0.2) is 9.97 Å². The van der Waals surface area contributed by atoms with Crippen LogP contribution in [0.25, 0.3) is 0 Å². The molecule has 0 spiro atoms. The summed E-state index contributed by atoms with van der Waals surface area (Å²) in [6, 6.07) is 1.89. The minimum Gasteiger partial charge on any atom is -0.237 e. The summed E-state index contributed by atoms with van der Waals surface area (Å²) in [7, 11) is 0. The van der Waals surface area contributed by atoms with Gasteiger partial charge in [0, 0.05) is 17.5 Å². The van der Waals surface area contributed by atoms with Crippen molar-refractivity contribution in [2.75, 3.05) is 0 Å². The molecule has 0 unspecified atom stereocenters. The van der Waals surface area contributed by atoms with E-state index in [0.717, 1.165) is 11.5 Å². The molecule has 0 aliphatic heterocycles. The highest BCUT2D eigenvalue weighted by atomic mass is 35.5. The molecule has 0 aromatic carbocycles. The SMILES string of the molecule is CC(C)c1nc(Cl)cc(C2CC2)n1. The van der Waals surface area contributed by atoms with Crippen molar-refractivity contribution in [1.29, 1.82) is 0 Å². The van der Waals surface area contributed by atoms with Gasteiger partial charge in [-0.1, -0.05) is 25.4 Å². The molecule has 13 heavy (non-hydrogen) atoms. The molecular weight excluding hydrogens is 184 g/mol. The molecule has 1 fully saturated rings. The maximum Gasteiger partial charge on any atom is 0.133 e. The van der Waals surface area contributed by atoms with Crippen molar-refractivity contribution in [3.8, 4) is 0 Å². The highest BCUT2D eigenvalue weighted by Crippen LogP contribution is 2.39. The summed E-state index contributed by atoms with van der Waals surface area (Å²) in [5, 5.41) is 0.584. The lowest BCUT2D eigenvalue weighted by atomic mass is 10.2. The predicted molar refractivity (Wildman–Crippen MR) is 53.1 cm³/mol. The van der Waals surface area contributed by atoms with E-state index in [1.54, 1.807) is 0 Å². The average molecular weight is 197 g/mol. The molecule has 0 saturated heterocycles. The molecule has 1 aliphatic carbocycles. The summed E-state index contributed by atoms with van der Waals surface area (Å²) in [6.45, 7) is 4.17. The lowest BCUT2D eigenvalue weighted by molar-refractivity contribution is 0.757. The van der Waals surface area contributed by atoms with E-state index in [1.165, 1.54) is 12.8 Å². The second kappa shape index (κ2) is 3.26. The first kappa shape index (κ1) is 8.95. The first-order valence-electron chi connectivity index (χ1n) is 4.71. The summed E-state index contributed by atoms with van der Waals surface area (Å²) in [5.41, 5.74) is 1.13. The van der Waals surface area contributed by atoms with Crippen molar-refractivity contribution in [2.45, 2.75) is 38.5 Å². The standard InChI is InChI=1S/C10H13ClN2/c1-6(2)10-12-8(7-3-4-7)5-9(11)13-10/h5-7H,3-4H2,1-2H3. The van der Waals surface area contributed by atoms with E-state index in [-0.39, 0.29) is 0 Å². The molecule has 0 atom stereocenters. The molecule has 1 aromatic rings. The molecule has 2 rings (SSSR count). The zero-order chi connectivity index (χ0) is 9.42. The van der Waals surface area contributed by atoms with E-state index in [1.807, 2.05) is 6.07 Å². The van der Waals surface area contributed by atoms with Gasteiger partial charge in [-0.05, 0) is 18.9 Å². The molecule has 0 N–H and O–H groups in total. The molecule has 3 heteroatoms. The molecule has 1 aliphatic rings. The van der Waals surface area contributed by atoms with Crippen molar-refractivity contribution in [1.82, 2.24) is 9.97 Å². The summed E-state index contributed by atoms with van der Waals surface area (Å²) in [6.07, 6.45) is 2.51. The fourth-order valence-electron chi connectivity index (χ4n) is 1.30. The van der Waals surface area contributed by atoms with Crippen LogP contribution in [0.15, 0.2) is 6.07 Å². The van der Waals surface area contributed by atoms with Crippen LogP contribution in [0.2, 0.25) is 5.15 Å². The highest BCUT2D eigenvalue weighted by molar-refractivity contribution is 6.29. The Labute approximate surface area is 83.4 Å². The molecule has 1 heterocycles. The second-order valence-corrected chi connectivity index (χ2v) is 4.29. The van der Waals surface area contributed by atoms with Gasteiger partial charge in [-0.15, -0.1) is 0 Å². The van der Waals surface area contributed by atoms with Gasteiger partial charge in [0.25, 0.3) is 0 Å². The van der Waals surface area contributed by atoms with E-state index in [2.05, 4.69) is 23.8 Å². The number of rotatable bonds is 2. The van der Waals surface area contributed by atoms with Gasteiger partial charge in [0.15, 0.2) is 0 Å². The van der Waals surface area contributed by atoms with E-state index in [0.29, 0.717) is 17.0 Å². The van der Waals surface area contributed by atoms with Crippen LogP contribution in [0.5, 0.6) is 0 Å². The first-order chi connectivity index (χ1) is 6.16. The number of nitrogens with zero attached hydrogens (tertiary/aromatic N) is 2. The highest BCUT2D eigenvalue weighted by Gasteiger charge is 2.26. The fraction of sp³-hybridized carbons (Fsp3) is 0.600. The Morgan fingerprint density at radius 1 is 1.38 bits per heavy atom. The third-order valence-corrected chi connectivity index (χ3v) is 2.44. The van der Waals surface area contributed by atoms with Gasteiger partial charge in [0.2, 0.25) is 0 Å². The summed E-state index contributed by atoms with van der Waals surface area (Å²) in [5.74, 6) is 1.88. The molecule has 70 valence electrons. The minimum absolute atomic E-state index is 0.358. The topological polar surface area (TPSA) is 25.8 Å². The van der Waals surface area contributed by atoms with Gasteiger partial charge in [0.05, 0.1) is 0 Å². The van der Waals surface area contributed by atoms with Crippen molar-refractivity contribution in [2.24, 2.45) is 0 Å². The fourth-order valence-corrected chi connectivity index (χ4v) is 1.50. The maximum absolute atomic E-state index is 5.91.